The summed E-state index contributed by atoms with van der Waals surface area (Å²) in [7, 11) is 0. The number of rotatable bonds is 5. The molecule has 6 nitrogen and oxygen atoms in total. The highest BCUT2D eigenvalue weighted by Crippen LogP contribution is 2.38. The topological polar surface area (TPSA) is 76.9 Å². The maximum atomic E-state index is 12.2. The molecule has 1 N–H and O–H groups in total. The van der Waals surface area contributed by atoms with E-state index >= 15 is 0 Å². The molecule has 1 saturated carbocycles. The predicted octanol–water partition coefficient (Wildman–Crippen LogP) is 1.39. The van der Waals surface area contributed by atoms with Crippen LogP contribution in [0.5, 0.6) is 0 Å². The van der Waals surface area contributed by atoms with Crippen molar-refractivity contribution in [1.82, 2.24) is 20.1 Å². The van der Waals surface area contributed by atoms with E-state index < -0.39 is 6.04 Å². The lowest BCUT2D eigenvalue weighted by molar-refractivity contribution is -0.124. The predicted molar refractivity (Wildman–Crippen MR) is 81.3 cm³/mol. The van der Waals surface area contributed by atoms with Gasteiger partial charge in [-0.3, -0.25) is 14.6 Å². The summed E-state index contributed by atoms with van der Waals surface area (Å²) < 4.78 is 1.27. The van der Waals surface area contributed by atoms with Crippen LogP contribution in [-0.2, 0) is 11.3 Å². The Hall–Kier alpha value is -2.50. The zero-order valence-corrected chi connectivity index (χ0v) is 12.4. The Morgan fingerprint density at radius 2 is 2.18 bits per heavy atom. The second kappa shape index (κ2) is 6.09. The maximum Gasteiger partial charge on any atom is 0.267 e. The minimum Gasteiger partial charge on any atom is -0.349 e. The molecule has 22 heavy (non-hydrogen) atoms. The Bertz CT molecular complexity index is 722. The van der Waals surface area contributed by atoms with Gasteiger partial charge < -0.3 is 5.32 Å². The van der Waals surface area contributed by atoms with Crippen molar-refractivity contribution < 1.29 is 4.79 Å². The molecule has 2 heterocycles. The molecule has 1 fully saturated rings. The van der Waals surface area contributed by atoms with E-state index in [-0.39, 0.29) is 11.5 Å². The van der Waals surface area contributed by atoms with Gasteiger partial charge in [-0.05, 0) is 38.0 Å². The summed E-state index contributed by atoms with van der Waals surface area (Å²) in [5, 5.41) is 7.13. The lowest BCUT2D eigenvalue weighted by Crippen LogP contribution is -2.37. The smallest absolute Gasteiger partial charge is 0.267 e. The molecule has 1 atom stereocenters. The molecule has 0 radical (unpaired) electrons. The molecule has 0 spiro atoms. The van der Waals surface area contributed by atoms with Crippen LogP contribution in [0.3, 0.4) is 0 Å². The van der Waals surface area contributed by atoms with E-state index in [1.165, 1.54) is 10.7 Å². The fourth-order valence-electron chi connectivity index (χ4n) is 2.25. The number of pyridine rings is 1. The first-order valence-electron chi connectivity index (χ1n) is 7.42. The minimum atomic E-state index is -0.644. The molecule has 2 aromatic heterocycles. The Morgan fingerprint density at radius 1 is 1.36 bits per heavy atom. The number of carbonyl (C=O) groups is 1. The third-order valence-electron chi connectivity index (χ3n) is 3.76. The van der Waals surface area contributed by atoms with Crippen LogP contribution in [0.4, 0.5) is 0 Å². The molecule has 6 heteroatoms. The Labute approximate surface area is 128 Å². The molecule has 1 aliphatic rings. The highest BCUT2D eigenvalue weighted by molar-refractivity contribution is 5.79. The number of amides is 1. The Balaban J connectivity index is 1.70. The van der Waals surface area contributed by atoms with Crippen molar-refractivity contribution in [2.45, 2.75) is 38.3 Å². The van der Waals surface area contributed by atoms with Crippen LogP contribution in [0.1, 0.15) is 43.1 Å². The van der Waals surface area contributed by atoms with Gasteiger partial charge in [-0.25, -0.2) is 4.68 Å². The summed E-state index contributed by atoms with van der Waals surface area (Å²) >= 11 is 0. The molecular weight excluding hydrogens is 280 g/mol. The summed E-state index contributed by atoms with van der Waals surface area (Å²) in [5.74, 6) is 0.198. The number of hydrogen-bond donors (Lipinski definition) is 1. The van der Waals surface area contributed by atoms with Crippen molar-refractivity contribution in [3.8, 4) is 0 Å². The van der Waals surface area contributed by atoms with Crippen LogP contribution in [0.15, 0.2) is 41.3 Å². The van der Waals surface area contributed by atoms with Crippen molar-refractivity contribution in [3.05, 3.63) is 58.3 Å². The second-order valence-corrected chi connectivity index (χ2v) is 5.53. The van der Waals surface area contributed by atoms with E-state index in [0.29, 0.717) is 12.5 Å². The number of nitrogens with zero attached hydrogens (tertiary/aromatic N) is 3. The molecule has 0 saturated heterocycles. The van der Waals surface area contributed by atoms with Crippen LogP contribution in [-0.4, -0.2) is 20.7 Å². The van der Waals surface area contributed by atoms with Gasteiger partial charge in [-0.2, -0.15) is 5.10 Å². The maximum absolute atomic E-state index is 12.2. The number of aromatic nitrogens is 3. The molecule has 1 aliphatic carbocycles. The van der Waals surface area contributed by atoms with Gasteiger partial charge in [-0.1, -0.05) is 6.07 Å². The van der Waals surface area contributed by atoms with Crippen molar-refractivity contribution in [2.75, 3.05) is 0 Å². The fraction of sp³-hybridized carbons (Fsp3) is 0.375. The minimum absolute atomic E-state index is 0.242. The molecule has 3 rings (SSSR count). The van der Waals surface area contributed by atoms with Gasteiger partial charge in [0.2, 0.25) is 5.91 Å². The first-order chi connectivity index (χ1) is 10.6. The van der Waals surface area contributed by atoms with Gasteiger partial charge in [-0.15, -0.1) is 0 Å². The zero-order valence-electron chi connectivity index (χ0n) is 12.4. The summed E-state index contributed by atoms with van der Waals surface area (Å²) in [4.78, 5) is 28.3. The molecule has 0 aromatic carbocycles. The molecular formula is C16H18N4O2. The Morgan fingerprint density at radius 3 is 2.86 bits per heavy atom. The van der Waals surface area contributed by atoms with E-state index in [4.69, 9.17) is 0 Å². The summed E-state index contributed by atoms with van der Waals surface area (Å²) in [6.07, 6.45) is 3.88. The van der Waals surface area contributed by atoms with Crippen molar-refractivity contribution in [1.29, 1.82) is 0 Å². The molecule has 1 amide bonds. The van der Waals surface area contributed by atoms with Crippen molar-refractivity contribution in [2.24, 2.45) is 0 Å². The van der Waals surface area contributed by atoms with Gasteiger partial charge in [0.15, 0.2) is 0 Å². The quantitative estimate of drug-likeness (QED) is 0.905. The van der Waals surface area contributed by atoms with Crippen LogP contribution in [0, 0.1) is 0 Å². The Kier molecular flexibility index (Phi) is 4.00. The van der Waals surface area contributed by atoms with Gasteiger partial charge in [0.25, 0.3) is 5.56 Å². The van der Waals surface area contributed by atoms with E-state index in [9.17, 15) is 9.59 Å². The SMILES string of the molecule is CC(C(=O)NCc1ccccn1)n1nc(C2CC2)ccc1=O. The number of nitrogens with one attached hydrogen (secondary N) is 1. The van der Waals surface area contributed by atoms with Gasteiger partial charge in [0, 0.05) is 18.2 Å². The van der Waals surface area contributed by atoms with Crippen LogP contribution in [0.25, 0.3) is 0 Å². The van der Waals surface area contributed by atoms with Crippen molar-refractivity contribution >= 4 is 5.91 Å². The van der Waals surface area contributed by atoms with E-state index in [0.717, 1.165) is 24.2 Å². The van der Waals surface area contributed by atoms with E-state index in [1.807, 2.05) is 18.2 Å². The van der Waals surface area contributed by atoms with Crippen LogP contribution >= 0.6 is 0 Å². The summed E-state index contributed by atoms with van der Waals surface area (Å²) in [5.41, 5.74) is 1.41. The summed E-state index contributed by atoms with van der Waals surface area (Å²) in [6.45, 7) is 2.01. The normalized spacial score (nSPS) is 15.3. The molecule has 0 bridgehead atoms. The lowest BCUT2D eigenvalue weighted by Gasteiger charge is -2.14. The monoisotopic (exact) mass is 298 g/mol. The number of carbonyl (C=O) groups excluding carboxylic acids is 1. The fourth-order valence-corrected chi connectivity index (χ4v) is 2.25. The molecule has 2 aromatic rings. The first kappa shape index (κ1) is 14.4. The molecule has 114 valence electrons. The van der Waals surface area contributed by atoms with Crippen LogP contribution in [0.2, 0.25) is 0 Å². The van der Waals surface area contributed by atoms with E-state index in [2.05, 4.69) is 15.4 Å². The average molecular weight is 298 g/mol. The van der Waals surface area contributed by atoms with E-state index in [1.54, 1.807) is 19.2 Å². The highest BCUT2D eigenvalue weighted by Gasteiger charge is 2.27. The lowest BCUT2D eigenvalue weighted by atomic mass is 10.2. The second-order valence-electron chi connectivity index (χ2n) is 5.53. The van der Waals surface area contributed by atoms with Gasteiger partial charge >= 0.3 is 0 Å². The van der Waals surface area contributed by atoms with Crippen LogP contribution < -0.4 is 10.9 Å². The zero-order chi connectivity index (χ0) is 15.5. The first-order valence-corrected chi connectivity index (χ1v) is 7.42. The van der Waals surface area contributed by atoms with Gasteiger partial charge in [0.1, 0.15) is 6.04 Å². The molecule has 1 unspecified atom stereocenters. The highest BCUT2D eigenvalue weighted by atomic mass is 16.2. The van der Waals surface area contributed by atoms with Crippen molar-refractivity contribution in [3.63, 3.8) is 0 Å². The average Bonchev–Trinajstić information content (AvgIpc) is 3.38. The number of hydrogen-bond acceptors (Lipinski definition) is 4. The third kappa shape index (κ3) is 3.21. The standard InChI is InChI=1S/C16H18N4O2/c1-11(16(22)18-10-13-4-2-3-9-17-13)20-15(21)8-7-14(19-20)12-5-6-12/h2-4,7-9,11-12H,5-6,10H2,1H3,(H,18,22). The van der Waals surface area contributed by atoms with Gasteiger partial charge in [0.05, 0.1) is 17.9 Å². The molecule has 0 aliphatic heterocycles. The third-order valence-corrected chi connectivity index (χ3v) is 3.76. The summed E-state index contributed by atoms with van der Waals surface area (Å²) in [6, 6.07) is 8.13. The largest absolute Gasteiger partial charge is 0.349 e.